The molecule has 0 bridgehead atoms. The Morgan fingerprint density at radius 2 is 2.15 bits per heavy atom. The average molecular weight is 355 g/mol. The zero-order valence-corrected chi connectivity index (χ0v) is 14.8. The van der Waals surface area contributed by atoms with Crippen molar-refractivity contribution in [2.75, 3.05) is 13.1 Å². The normalized spacial score (nSPS) is 20.7. The summed E-state index contributed by atoms with van der Waals surface area (Å²) in [6, 6.07) is 11.8. The van der Waals surface area contributed by atoms with Crippen LogP contribution in [0.1, 0.15) is 30.4 Å². The van der Waals surface area contributed by atoms with E-state index in [2.05, 4.69) is 9.88 Å². The number of hydrogen-bond donors (Lipinski definition) is 2. The molecule has 6 heteroatoms. The number of para-hydroxylation sites is 1. The highest BCUT2D eigenvalue weighted by molar-refractivity contribution is 5.75. The first-order valence-electron chi connectivity index (χ1n) is 8.87. The van der Waals surface area contributed by atoms with E-state index in [1.165, 1.54) is 0 Å². The van der Waals surface area contributed by atoms with Gasteiger partial charge in [0.05, 0.1) is 12.0 Å². The zero-order chi connectivity index (χ0) is 18.4. The maximum absolute atomic E-state index is 11.2. The molecule has 1 atom stereocenters. The van der Waals surface area contributed by atoms with Gasteiger partial charge in [0.15, 0.2) is 0 Å². The van der Waals surface area contributed by atoms with Crippen molar-refractivity contribution in [3.63, 3.8) is 0 Å². The van der Waals surface area contributed by atoms with E-state index < -0.39 is 11.5 Å². The highest BCUT2D eigenvalue weighted by Crippen LogP contribution is 2.28. The number of nitrogens with zero attached hydrogens (tertiary/aromatic N) is 2. The van der Waals surface area contributed by atoms with Gasteiger partial charge in [0.2, 0.25) is 5.91 Å². The summed E-state index contributed by atoms with van der Waals surface area (Å²) in [4.78, 5) is 17.5. The second-order valence-electron chi connectivity index (χ2n) is 6.94. The maximum atomic E-state index is 11.2. The van der Waals surface area contributed by atoms with Gasteiger partial charge in [0.25, 0.3) is 0 Å². The van der Waals surface area contributed by atoms with Gasteiger partial charge < -0.3 is 15.6 Å². The highest BCUT2D eigenvalue weighted by atomic mass is 16.5. The fourth-order valence-electron chi connectivity index (χ4n) is 3.47. The first-order valence-corrected chi connectivity index (χ1v) is 8.87. The standard InChI is InChI=1S/C20H25N3O3/c21-19(24)11-20(25)8-4-10-23(15-20)13-17-6-1-2-7-18(17)26-14-16-5-3-9-22-12-16/h1-3,5-7,9,12,25H,4,8,10-11,13-15H2,(H2,21,24). The van der Waals surface area contributed by atoms with E-state index in [1.807, 2.05) is 36.4 Å². The lowest BCUT2D eigenvalue weighted by Gasteiger charge is -2.38. The third-order valence-electron chi connectivity index (χ3n) is 4.62. The van der Waals surface area contributed by atoms with Gasteiger partial charge in [-0.2, -0.15) is 0 Å². The van der Waals surface area contributed by atoms with Crippen molar-refractivity contribution < 1.29 is 14.6 Å². The Hall–Kier alpha value is -2.44. The van der Waals surface area contributed by atoms with Crippen LogP contribution in [0.4, 0.5) is 0 Å². The van der Waals surface area contributed by atoms with E-state index in [0.29, 0.717) is 26.1 Å². The van der Waals surface area contributed by atoms with E-state index in [1.54, 1.807) is 12.4 Å². The van der Waals surface area contributed by atoms with Crippen LogP contribution in [0, 0.1) is 0 Å². The van der Waals surface area contributed by atoms with Crippen LogP contribution in [-0.2, 0) is 17.9 Å². The molecule has 1 saturated heterocycles. The molecule has 1 aromatic carbocycles. The smallest absolute Gasteiger partial charge is 0.220 e. The number of amides is 1. The van der Waals surface area contributed by atoms with Gasteiger partial charge in [-0.25, -0.2) is 0 Å². The minimum absolute atomic E-state index is 0.00263. The summed E-state index contributed by atoms with van der Waals surface area (Å²) in [6.45, 7) is 2.42. The van der Waals surface area contributed by atoms with E-state index >= 15 is 0 Å². The number of piperidine rings is 1. The number of aliphatic hydroxyl groups is 1. The highest BCUT2D eigenvalue weighted by Gasteiger charge is 2.34. The number of nitrogens with two attached hydrogens (primary N) is 1. The van der Waals surface area contributed by atoms with Gasteiger partial charge in [-0.3, -0.25) is 14.7 Å². The summed E-state index contributed by atoms with van der Waals surface area (Å²) in [7, 11) is 0. The number of hydrogen-bond acceptors (Lipinski definition) is 5. The molecule has 6 nitrogen and oxygen atoms in total. The summed E-state index contributed by atoms with van der Waals surface area (Å²) < 4.78 is 5.98. The third kappa shape index (κ3) is 5.03. The van der Waals surface area contributed by atoms with E-state index in [4.69, 9.17) is 10.5 Å². The van der Waals surface area contributed by atoms with Crippen molar-refractivity contribution in [2.45, 2.75) is 38.0 Å². The number of carbonyl (C=O) groups excluding carboxylic acids is 1. The molecule has 0 radical (unpaired) electrons. The molecule has 1 aliphatic heterocycles. The average Bonchev–Trinajstić information content (AvgIpc) is 2.61. The molecule has 0 saturated carbocycles. The number of pyridine rings is 1. The number of carbonyl (C=O) groups is 1. The number of likely N-dealkylation sites (tertiary alicyclic amines) is 1. The Kier molecular flexibility index (Phi) is 5.85. The molecule has 1 aliphatic rings. The molecule has 2 heterocycles. The number of ether oxygens (including phenoxy) is 1. The Labute approximate surface area is 153 Å². The van der Waals surface area contributed by atoms with Crippen LogP contribution >= 0.6 is 0 Å². The van der Waals surface area contributed by atoms with Crippen LogP contribution in [0.25, 0.3) is 0 Å². The molecular formula is C20H25N3O3. The second-order valence-corrected chi connectivity index (χ2v) is 6.94. The number of benzene rings is 1. The molecule has 1 aromatic heterocycles. The summed E-state index contributed by atoms with van der Waals surface area (Å²) >= 11 is 0. The number of aromatic nitrogens is 1. The molecule has 3 rings (SSSR count). The van der Waals surface area contributed by atoms with Crippen molar-refractivity contribution in [2.24, 2.45) is 5.73 Å². The molecule has 1 unspecified atom stereocenters. The lowest BCUT2D eigenvalue weighted by Crippen LogP contribution is -2.49. The van der Waals surface area contributed by atoms with Gasteiger partial charge in [-0.15, -0.1) is 0 Å². The predicted molar refractivity (Wildman–Crippen MR) is 98.3 cm³/mol. The first kappa shape index (κ1) is 18.4. The van der Waals surface area contributed by atoms with Gasteiger partial charge >= 0.3 is 0 Å². The minimum atomic E-state index is -1.03. The molecule has 0 spiro atoms. The van der Waals surface area contributed by atoms with Crippen molar-refractivity contribution in [1.29, 1.82) is 0 Å². The van der Waals surface area contributed by atoms with Crippen molar-refractivity contribution in [1.82, 2.24) is 9.88 Å². The van der Waals surface area contributed by atoms with Gasteiger partial charge in [0, 0.05) is 36.6 Å². The molecule has 26 heavy (non-hydrogen) atoms. The van der Waals surface area contributed by atoms with Crippen molar-refractivity contribution in [3.05, 3.63) is 59.9 Å². The van der Waals surface area contributed by atoms with Crippen molar-refractivity contribution >= 4 is 5.91 Å². The zero-order valence-electron chi connectivity index (χ0n) is 14.8. The molecule has 1 amide bonds. The number of β-amino-alcohol motifs (C(OH)–C–C–N with tert-alkyl or cyclic N) is 1. The third-order valence-corrected chi connectivity index (χ3v) is 4.62. The topological polar surface area (TPSA) is 88.7 Å². The number of primary amides is 1. The fourth-order valence-corrected chi connectivity index (χ4v) is 3.47. The van der Waals surface area contributed by atoms with Gasteiger partial charge in [0.1, 0.15) is 12.4 Å². The molecule has 1 fully saturated rings. The fraction of sp³-hybridized carbons (Fsp3) is 0.400. The molecule has 138 valence electrons. The first-order chi connectivity index (χ1) is 12.5. The monoisotopic (exact) mass is 355 g/mol. The molecule has 2 aromatic rings. The van der Waals surface area contributed by atoms with Gasteiger partial charge in [-0.05, 0) is 31.5 Å². The summed E-state index contributed by atoms with van der Waals surface area (Å²) in [5.74, 6) is 0.356. The lowest BCUT2D eigenvalue weighted by atomic mass is 9.89. The Morgan fingerprint density at radius 1 is 1.31 bits per heavy atom. The predicted octanol–water partition coefficient (Wildman–Crippen LogP) is 1.86. The quantitative estimate of drug-likeness (QED) is 0.791. The molecule has 3 N–H and O–H groups in total. The summed E-state index contributed by atoms with van der Waals surface area (Å²) in [5, 5.41) is 10.6. The largest absolute Gasteiger partial charge is 0.489 e. The van der Waals surface area contributed by atoms with Crippen LogP contribution in [-0.4, -0.2) is 39.6 Å². The van der Waals surface area contributed by atoms with Crippen LogP contribution in [0.2, 0.25) is 0 Å². The Bertz CT molecular complexity index is 738. The lowest BCUT2D eigenvalue weighted by molar-refractivity contribution is -0.125. The summed E-state index contributed by atoms with van der Waals surface area (Å²) in [5.41, 5.74) is 6.32. The van der Waals surface area contributed by atoms with Crippen LogP contribution in [0.5, 0.6) is 5.75 Å². The van der Waals surface area contributed by atoms with Crippen LogP contribution < -0.4 is 10.5 Å². The second kappa shape index (κ2) is 8.29. The Balaban J connectivity index is 1.65. The Morgan fingerprint density at radius 3 is 2.92 bits per heavy atom. The number of rotatable bonds is 7. The van der Waals surface area contributed by atoms with E-state index in [-0.39, 0.29) is 6.42 Å². The van der Waals surface area contributed by atoms with E-state index in [0.717, 1.165) is 29.8 Å². The van der Waals surface area contributed by atoms with Crippen LogP contribution in [0.3, 0.4) is 0 Å². The van der Waals surface area contributed by atoms with Crippen molar-refractivity contribution in [3.8, 4) is 5.75 Å². The maximum Gasteiger partial charge on any atom is 0.220 e. The van der Waals surface area contributed by atoms with E-state index in [9.17, 15) is 9.90 Å². The SMILES string of the molecule is NC(=O)CC1(O)CCCN(Cc2ccccc2OCc2cccnc2)C1. The minimum Gasteiger partial charge on any atom is -0.489 e. The summed E-state index contributed by atoms with van der Waals surface area (Å²) in [6.07, 6.45) is 4.97. The van der Waals surface area contributed by atoms with Crippen LogP contribution in [0.15, 0.2) is 48.8 Å². The molecule has 0 aliphatic carbocycles. The molecular weight excluding hydrogens is 330 g/mol. The van der Waals surface area contributed by atoms with Gasteiger partial charge in [-0.1, -0.05) is 24.3 Å².